The summed E-state index contributed by atoms with van der Waals surface area (Å²) >= 11 is 0. The molecule has 1 aromatic rings. The number of aliphatic hydroxyl groups is 1. The van der Waals surface area contributed by atoms with E-state index in [1.54, 1.807) is 37.3 Å². The summed E-state index contributed by atoms with van der Waals surface area (Å²) in [5.41, 5.74) is -2.14. The Bertz CT molecular complexity index is 1410. The van der Waals surface area contributed by atoms with Crippen LogP contribution in [0.15, 0.2) is 48.1 Å². The van der Waals surface area contributed by atoms with Crippen LogP contribution < -0.4 is 10.1 Å². The van der Waals surface area contributed by atoms with E-state index >= 15 is 4.39 Å². The summed E-state index contributed by atoms with van der Waals surface area (Å²) < 4.78 is 27.5. The molecule has 0 aliphatic heterocycles. The van der Waals surface area contributed by atoms with Gasteiger partial charge in [0.05, 0.1) is 18.1 Å². The minimum absolute atomic E-state index is 0.0780. The SMILES string of the molecule is C[C@]12C[C@H](O)C3(F)[C@@H](CCC4=CC(=O)C=C[C@@]43C)C1CCC2C(=O)COC(=O)CNC(=O)Oc1ccc(CCCON(O)O)cc1. The van der Waals surface area contributed by atoms with E-state index in [-0.39, 0.29) is 41.7 Å². The van der Waals surface area contributed by atoms with Crippen LogP contribution in [0.3, 0.4) is 0 Å². The first-order valence-corrected chi connectivity index (χ1v) is 15.6. The van der Waals surface area contributed by atoms with Gasteiger partial charge in [0.2, 0.25) is 0 Å². The first-order valence-electron chi connectivity index (χ1n) is 15.6. The molecular formula is C33H41FN2O10. The van der Waals surface area contributed by atoms with Crippen LogP contribution in [0.1, 0.15) is 57.9 Å². The van der Waals surface area contributed by atoms with Gasteiger partial charge in [0.15, 0.2) is 17.2 Å². The minimum Gasteiger partial charge on any atom is -0.456 e. The van der Waals surface area contributed by atoms with E-state index in [0.29, 0.717) is 44.1 Å². The number of aryl methyl sites for hydroxylation is 1. The lowest BCUT2D eigenvalue weighted by Gasteiger charge is -2.62. The molecular weight excluding hydrogens is 603 g/mol. The second-order valence-electron chi connectivity index (χ2n) is 13.2. The van der Waals surface area contributed by atoms with Crippen molar-refractivity contribution >= 4 is 23.6 Å². The first-order chi connectivity index (χ1) is 21.8. The Kier molecular flexibility index (Phi) is 9.81. The maximum atomic E-state index is 17.2. The van der Waals surface area contributed by atoms with E-state index < -0.39 is 59.7 Å². The van der Waals surface area contributed by atoms with E-state index in [0.717, 1.165) is 5.56 Å². The number of hydrogen-bond acceptors (Lipinski definition) is 11. The summed E-state index contributed by atoms with van der Waals surface area (Å²) in [6.45, 7) is 2.76. The van der Waals surface area contributed by atoms with Crippen molar-refractivity contribution in [1.29, 1.82) is 0 Å². The molecule has 0 aromatic heterocycles. The predicted octanol–water partition coefficient (Wildman–Crippen LogP) is 3.82. The molecule has 7 atom stereocenters. The lowest BCUT2D eigenvalue weighted by molar-refractivity contribution is -0.492. The van der Waals surface area contributed by atoms with E-state index in [9.17, 15) is 24.3 Å². The average molecular weight is 645 g/mol. The number of carbonyl (C=O) groups is 4. The average Bonchev–Trinajstić information content (AvgIpc) is 3.35. The van der Waals surface area contributed by atoms with Crippen LogP contribution in [0.2, 0.25) is 0 Å². The van der Waals surface area contributed by atoms with Crippen molar-refractivity contribution in [3.8, 4) is 5.75 Å². The molecule has 4 aliphatic rings. The fourth-order valence-corrected chi connectivity index (χ4v) is 8.47. The zero-order valence-electron chi connectivity index (χ0n) is 25.9. The first kappa shape index (κ1) is 33.9. The van der Waals surface area contributed by atoms with Crippen molar-refractivity contribution < 1.29 is 53.4 Å². The van der Waals surface area contributed by atoms with Crippen LogP contribution >= 0.6 is 0 Å². The van der Waals surface area contributed by atoms with Crippen molar-refractivity contribution in [2.75, 3.05) is 19.8 Å². The number of rotatable bonds is 11. The molecule has 1 amide bonds. The number of Topliss-reactive ketones (excluding diaryl/α,β-unsaturated/α-hetero) is 1. The third-order valence-electron chi connectivity index (χ3n) is 10.7. The van der Waals surface area contributed by atoms with E-state index in [2.05, 4.69) is 10.2 Å². The highest BCUT2D eigenvalue weighted by Gasteiger charge is 2.70. The number of ketones is 2. The molecule has 3 fully saturated rings. The summed E-state index contributed by atoms with van der Waals surface area (Å²) in [6.07, 6.45) is 5.55. The van der Waals surface area contributed by atoms with Gasteiger partial charge in [0.1, 0.15) is 18.9 Å². The molecule has 0 heterocycles. The van der Waals surface area contributed by atoms with Gasteiger partial charge in [0.25, 0.3) is 0 Å². The van der Waals surface area contributed by atoms with Crippen LogP contribution in [-0.2, 0) is 30.4 Å². The number of benzene rings is 1. The fraction of sp³-hybridized carbons (Fsp3) is 0.576. The Balaban J connectivity index is 1.10. The zero-order valence-corrected chi connectivity index (χ0v) is 25.9. The molecule has 5 rings (SSSR count). The molecule has 3 saturated carbocycles. The van der Waals surface area contributed by atoms with E-state index in [1.807, 2.05) is 6.92 Å². The maximum Gasteiger partial charge on any atom is 0.413 e. The van der Waals surface area contributed by atoms with Crippen molar-refractivity contribution in [1.82, 2.24) is 10.7 Å². The van der Waals surface area contributed by atoms with Crippen LogP contribution in [0.4, 0.5) is 9.18 Å². The lowest BCUT2D eigenvalue weighted by Crippen LogP contribution is -2.66. The van der Waals surface area contributed by atoms with Gasteiger partial charge in [-0.25, -0.2) is 9.18 Å². The van der Waals surface area contributed by atoms with Crippen molar-refractivity contribution in [3.05, 3.63) is 53.6 Å². The van der Waals surface area contributed by atoms with Gasteiger partial charge in [-0.05, 0) is 93.1 Å². The number of esters is 1. The number of allylic oxidation sites excluding steroid dienone is 4. The number of aliphatic hydroxyl groups excluding tert-OH is 1. The monoisotopic (exact) mass is 644 g/mol. The predicted molar refractivity (Wildman–Crippen MR) is 158 cm³/mol. The van der Waals surface area contributed by atoms with Gasteiger partial charge in [-0.2, -0.15) is 0 Å². The van der Waals surface area contributed by atoms with Crippen molar-refractivity contribution in [2.45, 2.75) is 70.6 Å². The summed E-state index contributed by atoms with van der Waals surface area (Å²) in [7, 11) is 0. The summed E-state index contributed by atoms with van der Waals surface area (Å²) in [5.74, 6) is -2.24. The molecule has 3 unspecified atom stereocenters. The molecule has 4 N–H and O–H groups in total. The Hall–Kier alpha value is -3.49. The van der Waals surface area contributed by atoms with Crippen LogP contribution in [0.5, 0.6) is 5.75 Å². The second kappa shape index (κ2) is 13.3. The number of halogens is 1. The Morgan fingerprint density at radius 2 is 1.83 bits per heavy atom. The summed E-state index contributed by atoms with van der Waals surface area (Å²) in [6, 6.07) is 6.59. The van der Waals surface area contributed by atoms with E-state index in [1.165, 1.54) is 12.2 Å². The topological polar surface area (TPSA) is 172 Å². The Morgan fingerprint density at radius 1 is 1.09 bits per heavy atom. The number of alkyl halides is 1. The molecule has 12 nitrogen and oxygen atoms in total. The van der Waals surface area contributed by atoms with Crippen LogP contribution in [-0.4, -0.2) is 76.1 Å². The minimum atomic E-state index is -1.97. The molecule has 4 aliphatic carbocycles. The Morgan fingerprint density at radius 3 is 2.54 bits per heavy atom. The Labute approximate surface area is 266 Å². The third kappa shape index (κ3) is 6.39. The van der Waals surface area contributed by atoms with Crippen LogP contribution in [0, 0.1) is 28.6 Å². The number of ether oxygens (including phenoxy) is 2. The largest absolute Gasteiger partial charge is 0.456 e. The van der Waals surface area contributed by atoms with Gasteiger partial charge >= 0.3 is 12.1 Å². The molecule has 250 valence electrons. The van der Waals surface area contributed by atoms with E-state index in [4.69, 9.17) is 19.9 Å². The lowest BCUT2D eigenvalue weighted by atomic mass is 9.45. The number of nitrogens with one attached hydrogen (secondary N) is 1. The number of hydrogen-bond donors (Lipinski definition) is 4. The maximum absolute atomic E-state index is 17.2. The van der Waals surface area contributed by atoms with Crippen LogP contribution in [0.25, 0.3) is 0 Å². The highest BCUT2D eigenvalue weighted by molar-refractivity contribution is 6.01. The molecule has 0 saturated heterocycles. The molecule has 13 heteroatoms. The number of carbonyl (C=O) groups excluding carboxylic acids is 4. The van der Waals surface area contributed by atoms with Crippen molar-refractivity contribution in [3.63, 3.8) is 0 Å². The highest BCUT2D eigenvalue weighted by atomic mass is 19.1. The second-order valence-corrected chi connectivity index (χ2v) is 13.2. The summed E-state index contributed by atoms with van der Waals surface area (Å²) in [4.78, 5) is 54.4. The van der Waals surface area contributed by atoms with Gasteiger partial charge in [-0.3, -0.25) is 29.6 Å². The normalized spacial score (nSPS) is 33.0. The molecule has 46 heavy (non-hydrogen) atoms. The number of amides is 1. The smallest absolute Gasteiger partial charge is 0.413 e. The van der Waals surface area contributed by atoms with Gasteiger partial charge in [-0.1, -0.05) is 30.7 Å². The quantitative estimate of drug-likeness (QED) is 0.157. The summed E-state index contributed by atoms with van der Waals surface area (Å²) in [5, 5.41) is 30.4. The number of fused-ring (bicyclic) bond motifs is 5. The third-order valence-corrected chi connectivity index (χ3v) is 10.7. The van der Waals surface area contributed by atoms with Gasteiger partial charge in [0, 0.05) is 17.3 Å². The highest BCUT2D eigenvalue weighted by Crippen LogP contribution is 2.68. The molecule has 0 bridgehead atoms. The van der Waals surface area contributed by atoms with Gasteiger partial charge < -0.3 is 19.9 Å². The fourth-order valence-electron chi connectivity index (χ4n) is 8.47. The standard InChI is InChI=1S/C33H41FN2O10/c1-31-17-28(39)33(34)25(10-7-21-16-22(37)13-14-32(21,33)2)24(31)11-12-26(31)27(38)19-44-29(40)18-35-30(41)46-23-8-5-20(6-9-23)4-3-15-45-36(42)43/h5-6,8-9,13-14,16,24-26,28,39,42-43H,3-4,7,10-12,15,17-19H2,1-2H3,(H,35,41)/t24?,25-,26?,28-,31-,32-,33?/m0/s1. The number of nitrogens with zero attached hydrogens (tertiary/aromatic N) is 1. The molecule has 0 spiro atoms. The van der Waals surface area contributed by atoms with Crippen molar-refractivity contribution in [2.24, 2.45) is 28.6 Å². The molecule has 1 aromatic carbocycles. The zero-order chi connectivity index (χ0) is 33.3. The molecule has 0 radical (unpaired) electrons. The van der Waals surface area contributed by atoms with Gasteiger partial charge in [-0.15, -0.1) is 0 Å².